The molecule has 0 saturated heterocycles. The van der Waals surface area contributed by atoms with Gasteiger partial charge in [0.1, 0.15) is 0 Å². The number of hydrogen-bond acceptors (Lipinski definition) is 2. The van der Waals surface area contributed by atoms with Crippen LogP contribution in [0.2, 0.25) is 0 Å². The van der Waals surface area contributed by atoms with Crippen molar-refractivity contribution in [3.63, 3.8) is 0 Å². The van der Waals surface area contributed by atoms with Gasteiger partial charge in [0.15, 0.2) is 0 Å². The number of aromatic nitrogens is 1. The molecule has 1 atom stereocenters. The molecule has 0 aliphatic carbocycles. The maximum atomic E-state index is 4.25. The van der Waals surface area contributed by atoms with Gasteiger partial charge in [-0.3, -0.25) is 4.98 Å². The van der Waals surface area contributed by atoms with Gasteiger partial charge in [0.25, 0.3) is 0 Å². The minimum atomic E-state index is 0.316. The minimum Gasteiger partial charge on any atom is -0.313 e. The van der Waals surface area contributed by atoms with Crippen molar-refractivity contribution < 1.29 is 0 Å². The van der Waals surface area contributed by atoms with Crippen LogP contribution in [0.15, 0.2) is 36.7 Å². The molecule has 1 unspecified atom stereocenters. The standard InChI is InChI=1S/C17H22N2/c1-12-5-6-15(9-14(12)3)10-17(18-4)16-11-19-8-7-13(16)2/h5-9,11,17-18H,10H2,1-4H3. The maximum Gasteiger partial charge on any atom is 0.0376 e. The third-order valence-corrected chi connectivity index (χ3v) is 3.81. The summed E-state index contributed by atoms with van der Waals surface area (Å²) < 4.78 is 0. The highest BCUT2D eigenvalue weighted by Crippen LogP contribution is 2.21. The van der Waals surface area contributed by atoms with Crippen LogP contribution in [0.5, 0.6) is 0 Å². The average Bonchev–Trinajstić information content (AvgIpc) is 2.41. The van der Waals surface area contributed by atoms with Gasteiger partial charge < -0.3 is 5.32 Å². The number of aryl methyl sites for hydroxylation is 3. The second kappa shape index (κ2) is 5.98. The largest absolute Gasteiger partial charge is 0.313 e. The van der Waals surface area contributed by atoms with Gasteiger partial charge in [0.05, 0.1) is 0 Å². The minimum absolute atomic E-state index is 0.316. The highest BCUT2D eigenvalue weighted by Gasteiger charge is 2.12. The van der Waals surface area contributed by atoms with E-state index in [4.69, 9.17) is 0 Å². The third-order valence-electron chi connectivity index (χ3n) is 3.81. The molecule has 1 aromatic carbocycles. The van der Waals surface area contributed by atoms with Crippen LogP contribution >= 0.6 is 0 Å². The zero-order valence-electron chi connectivity index (χ0n) is 12.2. The first-order chi connectivity index (χ1) is 9.11. The number of pyridine rings is 1. The second-order valence-electron chi connectivity index (χ2n) is 5.20. The van der Waals surface area contributed by atoms with Gasteiger partial charge in [-0.1, -0.05) is 18.2 Å². The molecule has 0 radical (unpaired) electrons. The topological polar surface area (TPSA) is 24.9 Å². The molecule has 0 fully saturated rings. The van der Waals surface area contributed by atoms with Gasteiger partial charge in [-0.05, 0) is 68.1 Å². The fraction of sp³-hybridized carbons (Fsp3) is 0.353. The SMILES string of the molecule is CNC(Cc1ccc(C)c(C)c1)c1cnccc1C. The van der Waals surface area contributed by atoms with Crippen LogP contribution in [0.4, 0.5) is 0 Å². The summed E-state index contributed by atoms with van der Waals surface area (Å²) in [5.41, 5.74) is 6.64. The molecule has 0 aliphatic heterocycles. The van der Waals surface area contributed by atoms with Crippen molar-refractivity contribution in [2.45, 2.75) is 33.2 Å². The van der Waals surface area contributed by atoms with E-state index in [0.717, 1.165) is 6.42 Å². The molecule has 0 saturated carbocycles. The number of nitrogens with zero attached hydrogens (tertiary/aromatic N) is 1. The summed E-state index contributed by atoms with van der Waals surface area (Å²) >= 11 is 0. The van der Waals surface area contributed by atoms with E-state index in [-0.39, 0.29) is 0 Å². The summed E-state index contributed by atoms with van der Waals surface area (Å²) in [5.74, 6) is 0. The maximum absolute atomic E-state index is 4.25. The summed E-state index contributed by atoms with van der Waals surface area (Å²) in [6, 6.07) is 9.09. The zero-order chi connectivity index (χ0) is 13.8. The molecule has 1 heterocycles. The van der Waals surface area contributed by atoms with Crippen LogP contribution in [0.1, 0.15) is 33.9 Å². The lowest BCUT2D eigenvalue weighted by Crippen LogP contribution is -2.20. The Balaban J connectivity index is 2.24. The summed E-state index contributed by atoms with van der Waals surface area (Å²) in [4.78, 5) is 4.25. The molecule has 2 nitrogen and oxygen atoms in total. The number of likely N-dealkylation sites (N-methyl/N-ethyl adjacent to an activating group) is 1. The Hall–Kier alpha value is -1.67. The van der Waals surface area contributed by atoms with E-state index in [1.54, 1.807) is 0 Å². The molecule has 0 aliphatic rings. The molecule has 2 aromatic rings. The monoisotopic (exact) mass is 254 g/mol. The number of benzene rings is 1. The molecule has 0 bridgehead atoms. The first kappa shape index (κ1) is 13.8. The van der Waals surface area contributed by atoms with Gasteiger partial charge in [-0.2, -0.15) is 0 Å². The number of hydrogen-bond donors (Lipinski definition) is 1. The number of nitrogens with one attached hydrogen (secondary N) is 1. The third kappa shape index (κ3) is 3.21. The Morgan fingerprint density at radius 2 is 1.84 bits per heavy atom. The van der Waals surface area contributed by atoms with Crippen molar-refractivity contribution in [3.8, 4) is 0 Å². The normalized spacial score (nSPS) is 12.4. The highest BCUT2D eigenvalue weighted by atomic mass is 14.9. The Morgan fingerprint density at radius 3 is 2.47 bits per heavy atom. The number of rotatable bonds is 4. The van der Waals surface area contributed by atoms with Gasteiger partial charge in [-0.25, -0.2) is 0 Å². The lowest BCUT2D eigenvalue weighted by molar-refractivity contribution is 0.586. The van der Waals surface area contributed by atoms with Gasteiger partial charge in [0.2, 0.25) is 0 Å². The molecule has 2 rings (SSSR count). The van der Waals surface area contributed by atoms with Crippen LogP contribution in [-0.2, 0) is 6.42 Å². The molecule has 2 heteroatoms. The van der Waals surface area contributed by atoms with Crippen LogP contribution in [-0.4, -0.2) is 12.0 Å². The molecular weight excluding hydrogens is 232 g/mol. The quantitative estimate of drug-likeness (QED) is 0.903. The Morgan fingerprint density at radius 1 is 1.05 bits per heavy atom. The van der Waals surface area contributed by atoms with E-state index in [0.29, 0.717) is 6.04 Å². The van der Waals surface area contributed by atoms with Crippen LogP contribution in [0.3, 0.4) is 0 Å². The van der Waals surface area contributed by atoms with E-state index in [1.165, 1.54) is 27.8 Å². The van der Waals surface area contributed by atoms with E-state index >= 15 is 0 Å². The predicted octanol–water partition coefficient (Wildman–Crippen LogP) is 3.51. The molecule has 19 heavy (non-hydrogen) atoms. The van der Waals surface area contributed by atoms with Crippen molar-refractivity contribution in [1.82, 2.24) is 10.3 Å². The van der Waals surface area contributed by atoms with Crippen LogP contribution in [0.25, 0.3) is 0 Å². The first-order valence-electron chi connectivity index (χ1n) is 6.75. The first-order valence-corrected chi connectivity index (χ1v) is 6.75. The van der Waals surface area contributed by atoms with E-state index < -0.39 is 0 Å². The highest BCUT2D eigenvalue weighted by molar-refractivity contribution is 5.32. The Bertz CT molecular complexity index is 561. The molecule has 1 aromatic heterocycles. The summed E-state index contributed by atoms with van der Waals surface area (Å²) in [6.07, 6.45) is 4.81. The van der Waals surface area contributed by atoms with Crippen LogP contribution < -0.4 is 5.32 Å². The van der Waals surface area contributed by atoms with Gasteiger partial charge in [0, 0.05) is 18.4 Å². The molecule has 100 valence electrons. The summed E-state index contributed by atoms with van der Waals surface area (Å²) in [7, 11) is 2.01. The van der Waals surface area contributed by atoms with E-state index in [1.807, 2.05) is 19.4 Å². The molecule has 0 spiro atoms. The summed E-state index contributed by atoms with van der Waals surface area (Å²) in [6.45, 7) is 6.46. The van der Waals surface area contributed by atoms with Crippen molar-refractivity contribution in [3.05, 3.63) is 64.5 Å². The van der Waals surface area contributed by atoms with Crippen molar-refractivity contribution in [2.24, 2.45) is 0 Å². The Labute approximate surface area is 115 Å². The van der Waals surface area contributed by atoms with E-state index in [2.05, 4.69) is 55.3 Å². The lowest BCUT2D eigenvalue weighted by Gasteiger charge is -2.19. The smallest absolute Gasteiger partial charge is 0.0376 e. The van der Waals surface area contributed by atoms with Crippen LogP contribution in [0, 0.1) is 20.8 Å². The predicted molar refractivity (Wildman–Crippen MR) is 80.4 cm³/mol. The molecule has 0 amide bonds. The lowest BCUT2D eigenvalue weighted by atomic mass is 9.95. The van der Waals surface area contributed by atoms with Crippen molar-refractivity contribution >= 4 is 0 Å². The van der Waals surface area contributed by atoms with Gasteiger partial charge >= 0.3 is 0 Å². The van der Waals surface area contributed by atoms with E-state index in [9.17, 15) is 0 Å². The van der Waals surface area contributed by atoms with Crippen molar-refractivity contribution in [2.75, 3.05) is 7.05 Å². The molecule has 1 N–H and O–H groups in total. The summed E-state index contributed by atoms with van der Waals surface area (Å²) in [5, 5.41) is 3.40. The zero-order valence-corrected chi connectivity index (χ0v) is 12.2. The van der Waals surface area contributed by atoms with Gasteiger partial charge in [-0.15, -0.1) is 0 Å². The fourth-order valence-electron chi connectivity index (χ4n) is 2.37. The second-order valence-corrected chi connectivity index (χ2v) is 5.20. The Kier molecular flexibility index (Phi) is 4.33. The van der Waals surface area contributed by atoms with Crippen molar-refractivity contribution in [1.29, 1.82) is 0 Å². The fourth-order valence-corrected chi connectivity index (χ4v) is 2.37. The molecular formula is C17H22N2. The average molecular weight is 254 g/mol.